The van der Waals surface area contributed by atoms with Gasteiger partial charge >= 0.3 is 0 Å². The van der Waals surface area contributed by atoms with E-state index in [4.69, 9.17) is 11.6 Å². The average Bonchev–Trinajstić information content (AvgIpc) is 3.03. The molecule has 29 heavy (non-hydrogen) atoms. The number of hydrogen-bond donors (Lipinski definition) is 0. The third-order valence-corrected chi connectivity index (χ3v) is 6.30. The number of anilines is 1. The molecule has 0 unspecified atom stereocenters. The summed E-state index contributed by atoms with van der Waals surface area (Å²) in [6.07, 6.45) is 4.41. The maximum atomic E-state index is 13.2. The highest BCUT2D eigenvalue weighted by molar-refractivity contribution is 6.30. The number of aryl methyl sites for hydroxylation is 1. The molecule has 2 aromatic carbocycles. The first kappa shape index (κ1) is 20.0. The second kappa shape index (κ2) is 8.64. The van der Waals surface area contributed by atoms with Crippen LogP contribution in [0.25, 0.3) is 0 Å². The Morgan fingerprint density at radius 2 is 1.62 bits per heavy atom. The fraction of sp³-hybridized carbons (Fsp3) is 0.391. The molecule has 2 aromatic rings. The molecule has 0 saturated carbocycles. The topological polar surface area (TPSA) is 40.6 Å². The Balaban J connectivity index is 1.31. The van der Waals surface area contributed by atoms with Gasteiger partial charge < -0.3 is 0 Å². The number of imide groups is 1. The standard InChI is InChI=1S/C23H24ClFN2O2/c24-18-5-3-16(4-6-18)1-2-17-11-13-26(14-12-17)21-15-22(28)27(23(21)29)20-9-7-19(25)8-10-20/h3-10,17,21H,1-2,11-15H2/t21-/m0/s1. The van der Waals surface area contributed by atoms with Gasteiger partial charge in [0.15, 0.2) is 0 Å². The largest absolute Gasteiger partial charge is 0.292 e. The Hall–Kier alpha value is -2.24. The molecule has 2 fully saturated rings. The molecule has 2 aliphatic rings. The second-order valence-corrected chi connectivity index (χ2v) is 8.34. The van der Waals surface area contributed by atoms with Crippen molar-refractivity contribution >= 4 is 29.1 Å². The number of rotatable bonds is 5. The molecule has 4 nitrogen and oxygen atoms in total. The minimum absolute atomic E-state index is 0.193. The molecule has 2 amide bonds. The summed E-state index contributed by atoms with van der Waals surface area (Å²) >= 11 is 5.94. The number of carbonyl (C=O) groups is 2. The van der Waals surface area contributed by atoms with E-state index in [1.807, 2.05) is 12.1 Å². The van der Waals surface area contributed by atoms with Crippen molar-refractivity contribution in [2.24, 2.45) is 5.92 Å². The van der Waals surface area contributed by atoms with Gasteiger partial charge in [0.05, 0.1) is 18.2 Å². The van der Waals surface area contributed by atoms with Crippen LogP contribution in [-0.4, -0.2) is 35.8 Å². The Kier molecular flexibility index (Phi) is 5.97. The van der Waals surface area contributed by atoms with Crippen molar-refractivity contribution in [3.8, 4) is 0 Å². The van der Waals surface area contributed by atoms with Crippen LogP contribution in [0.4, 0.5) is 10.1 Å². The van der Waals surface area contributed by atoms with Gasteiger partial charge in [0.2, 0.25) is 5.91 Å². The van der Waals surface area contributed by atoms with Crippen molar-refractivity contribution in [3.63, 3.8) is 0 Å². The summed E-state index contributed by atoms with van der Waals surface area (Å²) in [7, 11) is 0. The van der Waals surface area contributed by atoms with E-state index in [0.29, 0.717) is 11.6 Å². The smallest absolute Gasteiger partial charge is 0.251 e. The van der Waals surface area contributed by atoms with Crippen LogP contribution in [0.1, 0.15) is 31.2 Å². The minimum atomic E-state index is -0.398. The Morgan fingerprint density at radius 1 is 0.966 bits per heavy atom. The van der Waals surface area contributed by atoms with E-state index < -0.39 is 6.04 Å². The fourth-order valence-electron chi connectivity index (χ4n) is 4.34. The number of piperidine rings is 1. The van der Waals surface area contributed by atoms with Gasteiger partial charge in [0, 0.05) is 5.02 Å². The van der Waals surface area contributed by atoms with Crippen LogP contribution in [0.3, 0.4) is 0 Å². The number of nitrogens with zero attached hydrogens (tertiary/aromatic N) is 2. The molecule has 0 spiro atoms. The molecule has 1 atom stereocenters. The zero-order valence-corrected chi connectivity index (χ0v) is 16.9. The number of hydrogen-bond acceptors (Lipinski definition) is 3. The lowest BCUT2D eigenvalue weighted by molar-refractivity contribution is -0.123. The second-order valence-electron chi connectivity index (χ2n) is 7.91. The van der Waals surface area contributed by atoms with Crippen molar-refractivity contribution in [3.05, 3.63) is 64.9 Å². The SMILES string of the molecule is O=C1C[C@H](N2CCC(CCc3ccc(Cl)cc3)CC2)C(=O)N1c1ccc(F)cc1. The van der Waals surface area contributed by atoms with Crippen LogP contribution in [-0.2, 0) is 16.0 Å². The summed E-state index contributed by atoms with van der Waals surface area (Å²) < 4.78 is 13.2. The van der Waals surface area contributed by atoms with Crippen molar-refractivity contribution in [1.29, 1.82) is 0 Å². The van der Waals surface area contributed by atoms with Gasteiger partial charge in [0.1, 0.15) is 5.82 Å². The molecule has 152 valence electrons. The summed E-state index contributed by atoms with van der Waals surface area (Å²) in [5.74, 6) is -0.162. The Morgan fingerprint density at radius 3 is 2.28 bits per heavy atom. The average molecular weight is 415 g/mol. The van der Waals surface area contributed by atoms with E-state index in [1.165, 1.54) is 34.7 Å². The van der Waals surface area contributed by atoms with Gasteiger partial charge in [-0.3, -0.25) is 14.5 Å². The van der Waals surface area contributed by atoms with E-state index in [2.05, 4.69) is 17.0 Å². The van der Waals surface area contributed by atoms with Gasteiger partial charge in [-0.05, 0) is 86.7 Å². The predicted octanol–water partition coefficient (Wildman–Crippen LogP) is 4.46. The molecular formula is C23H24ClFN2O2. The van der Waals surface area contributed by atoms with E-state index in [-0.39, 0.29) is 24.1 Å². The third kappa shape index (κ3) is 4.51. The highest BCUT2D eigenvalue weighted by atomic mass is 35.5. The molecule has 4 rings (SSSR count). The van der Waals surface area contributed by atoms with Gasteiger partial charge in [-0.25, -0.2) is 9.29 Å². The highest BCUT2D eigenvalue weighted by Crippen LogP contribution is 2.30. The van der Waals surface area contributed by atoms with Gasteiger partial charge in [-0.15, -0.1) is 0 Å². The van der Waals surface area contributed by atoms with Crippen molar-refractivity contribution in [2.75, 3.05) is 18.0 Å². The molecule has 0 radical (unpaired) electrons. The van der Waals surface area contributed by atoms with Crippen LogP contribution < -0.4 is 4.90 Å². The van der Waals surface area contributed by atoms with Crippen LogP contribution >= 0.6 is 11.6 Å². The predicted molar refractivity (Wildman–Crippen MR) is 111 cm³/mol. The van der Waals surface area contributed by atoms with E-state index in [1.54, 1.807) is 0 Å². The van der Waals surface area contributed by atoms with Gasteiger partial charge in [0.25, 0.3) is 5.91 Å². The number of amides is 2. The molecule has 0 aromatic heterocycles. The zero-order chi connectivity index (χ0) is 20.4. The summed E-state index contributed by atoms with van der Waals surface area (Å²) in [6, 6.07) is 13.1. The molecule has 6 heteroatoms. The molecule has 2 heterocycles. The van der Waals surface area contributed by atoms with Crippen molar-refractivity contribution in [1.82, 2.24) is 4.90 Å². The van der Waals surface area contributed by atoms with Crippen molar-refractivity contribution < 1.29 is 14.0 Å². The van der Waals surface area contributed by atoms with Crippen molar-refractivity contribution in [2.45, 2.75) is 38.1 Å². The van der Waals surface area contributed by atoms with E-state index >= 15 is 0 Å². The maximum absolute atomic E-state index is 13.2. The van der Waals surface area contributed by atoms with Crippen LogP contribution in [0.15, 0.2) is 48.5 Å². The first-order valence-corrected chi connectivity index (χ1v) is 10.5. The van der Waals surface area contributed by atoms with Crippen LogP contribution in [0.2, 0.25) is 5.02 Å². The minimum Gasteiger partial charge on any atom is -0.292 e. The first-order valence-electron chi connectivity index (χ1n) is 10.1. The zero-order valence-electron chi connectivity index (χ0n) is 16.2. The molecule has 0 N–H and O–H groups in total. The number of benzene rings is 2. The number of likely N-dealkylation sites (tertiary alicyclic amines) is 1. The molecule has 0 bridgehead atoms. The molecule has 0 aliphatic carbocycles. The lowest BCUT2D eigenvalue weighted by Crippen LogP contribution is -2.46. The van der Waals surface area contributed by atoms with Crippen LogP contribution in [0, 0.1) is 11.7 Å². The van der Waals surface area contributed by atoms with E-state index in [9.17, 15) is 14.0 Å². The summed E-state index contributed by atoms with van der Waals surface area (Å²) in [4.78, 5) is 28.7. The Labute approximate surface area is 175 Å². The Bertz CT molecular complexity index is 877. The molecular weight excluding hydrogens is 391 g/mol. The quantitative estimate of drug-likeness (QED) is 0.678. The third-order valence-electron chi connectivity index (χ3n) is 6.05. The lowest BCUT2D eigenvalue weighted by Gasteiger charge is -2.34. The first-order chi connectivity index (χ1) is 14.0. The monoisotopic (exact) mass is 414 g/mol. The van der Waals surface area contributed by atoms with E-state index in [0.717, 1.165) is 43.8 Å². The summed E-state index contributed by atoms with van der Waals surface area (Å²) in [6.45, 7) is 1.65. The summed E-state index contributed by atoms with van der Waals surface area (Å²) in [5.41, 5.74) is 1.74. The molecule has 2 aliphatic heterocycles. The normalized spacial score (nSPS) is 21.2. The molecule has 2 saturated heterocycles. The van der Waals surface area contributed by atoms with Gasteiger partial charge in [-0.2, -0.15) is 0 Å². The fourth-order valence-corrected chi connectivity index (χ4v) is 4.46. The summed E-state index contributed by atoms with van der Waals surface area (Å²) in [5, 5.41) is 0.757. The number of carbonyl (C=O) groups excluding carboxylic acids is 2. The highest BCUT2D eigenvalue weighted by Gasteiger charge is 2.43. The number of halogens is 2. The van der Waals surface area contributed by atoms with Gasteiger partial charge in [-0.1, -0.05) is 23.7 Å². The van der Waals surface area contributed by atoms with Crippen LogP contribution in [0.5, 0.6) is 0 Å². The lowest BCUT2D eigenvalue weighted by atomic mass is 9.90. The maximum Gasteiger partial charge on any atom is 0.251 e.